The summed E-state index contributed by atoms with van der Waals surface area (Å²) in [6.07, 6.45) is 0. The van der Waals surface area contributed by atoms with Crippen molar-refractivity contribution in [1.82, 2.24) is 9.62 Å². The van der Waals surface area contributed by atoms with Gasteiger partial charge in [0.05, 0.1) is 25.6 Å². The Bertz CT molecular complexity index is 613. The summed E-state index contributed by atoms with van der Waals surface area (Å²) in [6, 6.07) is 8.24. The number of morpholine rings is 1. The fourth-order valence-electron chi connectivity index (χ4n) is 2.81. The second-order valence-corrected chi connectivity index (χ2v) is 8.24. The first kappa shape index (κ1) is 20.1. The van der Waals surface area contributed by atoms with Crippen LogP contribution in [0.1, 0.15) is 11.6 Å². The maximum atomic E-state index is 12.1. The molecule has 1 atom stereocenters. The van der Waals surface area contributed by atoms with Crippen LogP contribution in [0.5, 0.6) is 0 Å². The monoisotopic (exact) mass is 371 g/mol. The highest BCUT2D eigenvalue weighted by Gasteiger charge is 2.24. The van der Waals surface area contributed by atoms with E-state index in [4.69, 9.17) is 9.47 Å². The zero-order chi connectivity index (χ0) is 18.3. The van der Waals surface area contributed by atoms with Crippen LogP contribution in [0.4, 0.5) is 5.69 Å². The molecule has 0 radical (unpaired) electrons. The Labute approximate surface area is 150 Å². The van der Waals surface area contributed by atoms with E-state index < -0.39 is 10.0 Å². The van der Waals surface area contributed by atoms with Gasteiger partial charge in [-0.05, 0) is 17.7 Å². The van der Waals surface area contributed by atoms with Gasteiger partial charge in [0, 0.05) is 52.6 Å². The Kier molecular flexibility index (Phi) is 7.64. The highest BCUT2D eigenvalue weighted by atomic mass is 32.2. The van der Waals surface area contributed by atoms with Crippen molar-refractivity contribution < 1.29 is 17.9 Å². The van der Waals surface area contributed by atoms with E-state index in [0.29, 0.717) is 19.8 Å². The van der Waals surface area contributed by atoms with Crippen LogP contribution in [-0.2, 0) is 19.5 Å². The van der Waals surface area contributed by atoms with E-state index in [1.54, 1.807) is 0 Å². The molecule has 1 aliphatic rings. The van der Waals surface area contributed by atoms with Crippen LogP contribution in [0, 0.1) is 0 Å². The Morgan fingerprint density at radius 3 is 2.44 bits per heavy atom. The van der Waals surface area contributed by atoms with Gasteiger partial charge < -0.3 is 14.4 Å². The molecule has 7 nitrogen and oxygen atoms in total. The minimum Gasteiger partial charge on any atom is -0.384 e. The van der Waals surface area contributed by atoms with Gasteiger partial charge in [0.15, 0.2) is 0 Å². The van der Waals surface area contributed by atoms with Crippen LogP contribution in [0.25, 0.3) is 0 Å². The molecule has 0 aromatic heterocycles. The van der Waals surface area contributed by atoms with Crippen molar-refractivity contribution in [2.75, 3.05) is 71.3 Å². The number of benzene rings is 1. The van der Waals surface area contributed by atoms with Crippen molar-refractivity contribution in [2.45, 2.75) is 6.04 Å². The number of sulfonamides is 1. The van der Waals surface area contributed by atoms with Gasteiger partial charge in [-0.15, -0.1) is 0 Å². The summed E-state index contributed by atoms with van der Waals surface area (Å²) in [5.41, 5.74) is 2.21. The van der Waals surface area contributed by atoms with E-state index in [2.05, 4.69) is 33.9 Å². The molecule has 0 bridgehead atoms. The maximum Gasteiger partial charge on any atom is 0.213 e. The average Bonchev–Trinajstić information content (AvgIpc) is 2.61. The normalized spacial score (nSPS) is 17.4. The molecule has 25 heavy (non-hydrogen) atoms. The Hall–Kier alpha value is -1.19. The summed E-state index contributed by atoms with van der Waals surface area (Å²) in [6.45, 7) is 3.45. The van der Waals surface area contributed by atoms with Crippen LogP contribution in [0.3, 0.4) is 0 Å². The lowest BCUT2D eigenvalue weighted by Gasteiger charge is -2.35. The Morgan fingerprint density at radius 2 is 1.88 bits per heavy atom. The lowest BCUT2D eigenvalue weighted by Crippen LogP contribution is -2.44. The van der Waals surface area contributed by atoms with Crippen molar-refractivity contribution in [3.8, 4) is 0 Å². The summed E-state index contributed by atoms with van der Waals surface area (Å²) in [7, 11) is 2.15. The molecular formula is C17H29N3O4S. The smallest absolute Gasteiger partial charge is 0.213 e. The summed E-state index contributed by atoms with van der Waals surface area (Å²) in [4.78, 5) is 4.31. The fourth-order valence-corrected chi connectivity index (χ4v) is 3.75. The van der Waals surface area contributed by atoms with Gasteiger partial charge in [0.25, 0.3) is 0 Å². The topological polar surface area (TPSA) is 71.1 Å². The number of methoxy groups -OCH3 is 1. The van der Waals surface area contributed by atoms with Gasteiger partial charge in [0.2, 0.25) is 10.0 Å². The van der Waals surface area contributed by atoms with Gasteiger partial charge in [-0.1, -0.05) is 12.1 Å². The zero-order valence-corrected chi connectivity index (χ0v) is 16.1. The minimum absolute atomic E-state index is 0.0163. The molecule has 8 heteroatoms. The molecule has 142 valence electrons. The lowest BCUT2D eigenvalue weighted by atomic mass is 10.0. The molecule has 0 saturated carbocycles. The summed E-state index contributed by atoms with van der Waals surface area (Å²) >= 11 is 0. The van der Waals surface area contributed by atoms with Crippen LogP contribution in [0.2, 0.25) is 0 Å². The number of rotatable bonds is 9. The standard InChI is InChI=1S/C17H29N3O4S/c1-19(2)16-6-4-15(5-7-16)17(20-8-10-24-11-9-20)14-18-25(21,22)13-12-23-3/h4-7,17-18H,8-14H2,1-3H3/t17-/m0/s1. The van der Waals surface area contributed by atoms with Gasteiger partial charge in [0.1, 0.15) is 0 Å². The summed E-state index contributed by atoms with van der Waals surface area (Å²) in [5, 5.41) is 0. The van der Waals surface area contributed by atoms with Crippen molar-refractivity contribution in [3.05, 3.63) is 29.8 Å². The van der Waals surface area contributed by atoms with Gasteiger partial charge >= 0.3 is 0 Å². The first-order valence-electron chi connectivity index (χ1n) is 8.48. The Balaban J connectivity index is 2.12. The quantitative estimate of drug-likeness (QED) is 0.689. The van der Waals surface area contributed by atoms with E-state index in [0.717, 1.165) is 24.3 Å². The molecule has 1 heterocycles. The van der Waals surface area contributed by atoms with E-state index in [-0.39, 0.29) is 18.4 Å². The number of hydrogen-bond acceptors (Lipinski definition) is 6. The predicted octanol–water partition coefficient (Wildman–Crippen LogP) is 0.692. The van der Waals surface area contributed by atoms with Gasteiger partial charge in [-0.25, -0.2) is 13.1 Å². The number of nitrogens with zero attached hydrogens (tertiary/aromatic N) is 2. The highest BCUT2D eigenvalue weighted by Crippen LogP contribution is 2.24. The second-order valence-electron chi connectivity index (χ2n) is 6.31. The van der Waals surface area contributed by atoms with Crippen LogP contribution in [0.15, 0.2) is 24.3 Å². The van der Waals surface area contributed by atoms with E-state index in [1.807, 2.05) is 19.0 Å². The fraction of sp³-hybridized carbons (Fsp3) is 0.647. The molecule has 1 N–H and O–H groups in total. The Morgan fingerprint density at radius 1 is 1.24 bits per heavy atom. The van der Waals surface area contributed by atoms with Crippen molar-refractivity contribution in [3.63, 3.8) is 0 Å². The zero-order valence-electron chi connectivity index (χ0n) is 15.3. The molecule has 0 aliphatic carbocycles. The molecule has 2 rings (SSSR count). The third kappa shape index (κ3) is 6.23. The largest absolute Gasteiger partial charge is 0.384 e. The second kappa shape index (κ2) is 9.49. The first-order chi connectivity index (χ1) is 11.9. The van der Waals surface area contributed by atoms with Gasteiger partial charge in [-0.2, -0.15) is 0 Å². The molecule has 0 amide bonds. The highest BCUT2D eigenvalue weighted by molar-refractivity contribution is 7.89. The summed E-state index contributed by atoms with van der Waals surface area (Å²) in [5.74, 6) is -0.0289. The molecule has 1 aliphatic heterocycles. The lowest BCUT2D eigenvalue weighted by molar-refractivity contribution is 0.0172. The van der Waals surface area contributed by atoms with Crippen LogP contribution in [-0.4, -0.2) is 79.7 Å². The SMILES string of the molecule is COCCS(=O)(=O)NC[C@@H](c1ccc(N(C)C)cc1)N1CCOCC1. The maximum absolute atomic E-state index is 12.1. The predicted molar refractivity (Wildman–Crippen MR) is 99.6 cm³/mol. The third-order valence-electron chi connectivity index (χ3n) is 4.33. The van der Waals surface area contributed by atoms with E-state index in [1.165, 1.54) is 7.11 Å². The number of nitrogens with one attached hydrogen (secondary N) is 1. The average molecular weight is 372 g/mol. The number of anilines is 1. The van der Waals surface area contributed by atoms with E-state index in [9.17, 15) is 8.42 Å². The molecular weight excluding hydrogens is 342 g/mol. The van der Waals surface area contributed by atoms with Crippen LogP contribution >= 0.6 is 0 Å². The summed E-state index contributed by atoms with van der Waals surface area (Å²) < 4.78 is 37.2. The third-order valence-corrected chi connectivity index (χ3v) is 5.64. The van der Waals surface area contributed by atoms with Crippen molar-refractivity contribution in [1.29, 1.82) is 0 Å². The first-order valence-corrected chi connectivity index (χ1v) is 10.1. The number of ether oxygens (including phenoxy) is 2. The minimum atomic E-state index is -3.35. The van der Waals surface area contributed by atoms with E-state index >= 15 is 0 Å². The van der Waals surface area contributed by atoms with Crippen molar-refractivity contribution in [2.24, 2.45) is 0 Å². The van der Waals surface area contributed by atoms with Crippen LogP contribution < -0.4 is 9.62 Å². The molecule has 0 unspecified atom stereocenters. The molecule has 1 saturated heterocycles. The van der Waals surface area contributed by atoms with Crippen molar-refractivity contribution >= 4 is 15.7 Å². The molecule has 1 aromatic rings. The number of hydrogen-bond donors (Lipinski definition) is 1. The molecule has 1 aromatic carbocycles. The van der Waals surface area contributed by atoms with Gasteiger partial charge in [-0.3, -0.25) is 4.90 Å². The molecule has 0 spiro atoms. The molecule has 1 fully saturated rings.